The highest BCUT2D eigenvalue weighted by molar-refractivity contribution is 5.75. The van der Waals surface area contributed by atoms with Gasteiger partial charge in [-0.05, 0) is 20.3 Å². The first-order chi connectivity index (χ1) is 6.44. The number of aliphatic hydroxyl groups is 1. The first-order valence-electron chi connectivity index (χ1n) is 4.90. The third-order valence-corrected chi connectivity index (χ3v) is 2.41. The number of carbonyl (C=O) groups is 1. The van der Waals surface area contributed by atoms with E-state index in [1.54, 1.807) is 4.90 Å². The Morgan fingerprint density at radius 3 is 2.79 bits per heavy atom. The summed E-state index contributed by atoms with van der Waals surface area (Å²) in [6, 6.07) is -0.142. The molecule has 1 unspecified atom stereocenters. The van der Waals surface area contributed by atoms with Gasteiger partial charge in [0.05, 0.1) is 6.10 Å². The van der Waals surface area contributed by atoms with E-state index in [1.165, 1.54) is 0 Å². The highest BCUT2D eigenvalue weighted by Crippen LogP contribution is 2.10. The maximum absolute atomic E-state index is 11.6. The lowest BCUT2D eigenvalue weighted by atomic mass is 10.1. The van der Waals surface area contributed by atoms with Gasteiger partial charge in [0.1, 0.15) is 0 Å². The predicted molar refractivity (Wildman–Crippen MR) is 53.9 cm³/mol. The lowest BCUT2D eigenvalue weighted by Crippen LogP contribution is -2.53. The molecule has 1 fully saturated rings. The van der Waals surface area contributed by atoms with Gasteiger partial charge in [0.2, 0.25) is 0 Å². The Labute approximate surface area is 84.3 Å². The number of urea groups is 1. The molecule has 14 heavy (non-hydrogen) atoms. The summed E-state index contributed by atoms with van der Waals surface area (Å²) in [5.74, 6) is 0. The van der Waals surface area contributed by atoms with Crippen LogP contribution in [0.15, 0.2) is 0 Å². The average molecular weight is 201 g/mol. The number of nitrogens with two attached hydrogens (primary N) is 1. The Kier molecular flexibility index (Phi) is 3.34. The number of carbonyl (C=O) groups excluding carboxylic acids is 1. The van der Waals surface area contributed by atoms with Gasteiger partial charge >= 0.3 is 6.03 Å². The molecule has 1 saturated heterocycles. The molecular formula is C9H19N3O2. The van der Waals surface area contributed by atoms with Crippen LogP contribution in [0.5, 0.6) is 0 Å². The van der Waals surface area contributed by atoms with Crippen molar-refractivity contribution in [3.8, 4) is 0 Å². The second kappa shape index (κ2) is 4.14. The summed E-state index contributed by atoms with van der Waals surface area (Å²) in [5, 5.41) is 12.1. The molecule has 2 amide bonds. The largest absolute Gasteiger partial charge is 0.391 e. The second-order valence-electron chi connectivity index (χ2n) is 4.41. The zero-order valence-corrected chi connectivity index (χ0v) is 8.79. The van der Waals surface area contributed by atoms with Gasteiger partial charge in [-0.2, -0.15) is 0 Å². The minimum atomic E-state index is -0.384. The summed E-state index contributed by atoms with van der Waals surface area (Å²) in [6.45, 7) is 5.18. The number of rotatable bonds is 2. The highest BCUT2D eigenvalue weighted by Gasteiger charge is 2.27. The molecule has 0 bridgehead atoms. The molecule has 1 atom stereocenters. The number of likely N-dealkylation sites (tertiary alicyclic amines) is 1. The predicted octanol–water partition coefficient (Wildman–Crippen LogP) is -0.500. The Balaban J connectivity index is 2.43. The molecule has 0 aromatic carbocycles. The van der Waals surface area contributed by atoms with Crippen LogP contribution in [0.2, 0.25) is 0 Å². The molecule has 0 radical (unpaired) electrons. The number of hydrogen-bond donors (Lipinski definition) is 3. The van der Waals surface area contributed by atoms with Crippen LogP contribution in [-0.4, -0.2) is 47.3 Å². The smallest absolute Gasteiger partial charge is 0.317 e. The topological polar surface area (TPSA) is 78.6 Å². The van der Waals surface area contributed by atoms with Crippen molar-refractivity contribution in [2.45, 2.75) is 31.9 Å². The van der Waals surface area contributed by atoms with Gasteiger partial charge in [0, 0.05) is 25.2 Å². The number of aliphatic hydroxyl groups excluding tert-OH is 1. The summed E-state index contributed by atoms with van der Waals surface area (Å²) in [6.07, 6.45) is 0.290. The molecular weight excluding hydrogens is 182 g/mol. The van der Waals surface area contributed by atoms with E-state index in [1.807, 2.05) is 13.8 Å². The van der Waals surface area contributed by atoms with Crippen molar-refractivity contribution in [1.29, 1.82) is 0 Å². The molecule has 0 aromatic rings. The summed E-state index contributed by atoms with van der Waals surface area (Å²) in [5.41, 5.74) is 5.11. The summed E-state index contributed by atoms with van der Waals surface area (Å²) >= 11 is 0. The first kappa shape index (κ1) is 11.3. The number of nitrogens with zero attached hydrogens (tertiary/aromatic N) is 1. The molecule has 4 N–H and O–H groups in total. The molecule has 1 aliphatic heterocycles. The van der Waals surface area contributed by atoms with E-state index in [0.717, 1.165) is 0 Å². The minimum absolute atomic E-state index is 0.142. The monoisotopic (exact) mass is 201 g/mol. The van der Waals surface area contributed by atoms with E-state index >= 15 is 0 Å². The molecule has 1 aliphatic rings. The molecule has 0 spiro atoms. The zero-order valence-electron chi connectivity index (χ0n) is 8.79. The molecule has 1 heterocycles. The van der Waals surface area contributed by atoms with Crippen LogP contribution in [0.25, 0.3) is 0 Å². The second-order valence-corrected chi connectivity index (χ2v) is 4.41. The third-order valence-electron chi connectivity index (χ3n) is 2.41. The number of hydrogen-bond acceptors (Lipinski definition) is 3. The number of β-amino-alcohol motifs (C(OH)–C–C–N with tert-alkyl or cyclic N) is 1. The van der Waals surface area contributed by atoms with E-state index in [4.69, 9.17) is 5.73 Å². The van der Waals surface area contributed by atoms with E-state index in [9.17, 15) is 9.90 Å². The number of amides is 2. The molecule has 82 valence electrons. The molecule has 0 aliphatic carbocycles. The molecule has 5 nitrogen and oxygen atoms in total. The van der Waals surface area contributed by atoms with Crippen LogP contribution in [-0.2, 0) is 0 Å². The third kappa shape index (κ3) is 2.85. The fourth-order valence-electron chi connectivity index (χ4n) is 1.35. The highest BCUT2D eigenvalue weighted by atomic mass is 16.3. The summed E-state index contributed by atoms with van der Waals surface area (Å²) in [4.78, 5) is 13.2. The first-order valence-corrected chi connectivity index (χ1v) is 4.90. The fourth-order valence-corrected chi connectivity index (χ4v) is 1.35. The summed E-state index contributed by atoms with van der Waals surface area (Å²) < 4.78 is 0. The van der Waals surface area contributed by atoms with Crippen LogP contribution in [0.1, 0.15) is 20.3 Å². The Morgan fingerprint density at radius 1 is 1.71 bits per heavy atom. The van der Waals surface area contributed by atoms with Crippen molar-refractivity contribution in [3.63, 3.8) is 0 Å². The molecule has 0 saturated carbocycles. The molecule has 1 rings (SSSR count). The van der Waals surface area contributed by atoms with Crippen LogP contribution in [0.4, 0.5) is 4.79 Å². The lowest BCUT2D eigenvalue weighted by Gasteiger charge is -2.27. The zero-order chi connectivity index (χ0) is 10.8. The van der Waals surface area contributed by atoms with Gasteiger partial charge in [0.25, 0.3) is 0 Å². The van der Waals surface area contributed by atoms with Gasteiger partial charge in [-0.3, -0.25) is 0 Å². The van der Waals surface area contributed by atoms with Crippen molar-refractivity contribution in [2.24, 2.45) is 5.73 Å². The average Bonchev–Trinajstić information content (AvgIpc) is 2.51. The number of nitrogens with one attached hydrogen (secondary N) is 1. The van der Waals surface area contributed by atoms with Crippen LogP contribution in [0, 0.1) is 0 Å². The van der Waals surface area contributed by atoms with Crippen molar-refractivity contribution in [1.82, 2.24) is 10.2 Å². The van der Waals surface area contributed by atoms with E-state index in [2.05, 4.69) is 5.32 Å². The van der Waals surface area contributed by atoms with Crippen LogP contribution < -0.4 is 11.1 Å². The van der Waals surface area contributed by atoms with Crippen molar-refractivity contribution >= 4 is 6.03 Å². The van der Waals surface area contributed by atoms with Crippen LogP contribution in [0.3, 0.4) is 0 Å². The van der Waals surface area contributed by atoms with E-state index in [-0.39, 0.29) is 17.7 Å². The fraction of sp³-hybridized carbons (Fsp3) is 0.889. The van der Waals surface area contributed by atoms with Crippen molar-refractivity contribution < 1.29 is 9.90 Å². The van der Waals surface area contributed by atoms with Gasteiger partial charge in [-0.1, -0.05) is 0 Å². The van der Waals surface area contributed by atoms with Gasteiger partial charge in [-0.25, -0.2) is 4.79 Å². The van der Waals surface area contributed by atoms with Crippen molar-refractivity contribution in [2.75, 3.05) is 19.6 Å². The molecule has 0 aromatic heterocycles. The van der Waals surface area contributed by atoms with E-state index in [0.29, 0.717) is 26.1 Å². The maximum atomic E-state index is 11.6. The Hall–Kier alpha value is -0.810. The van der Waals surface area contributed by atoms with Gasteiger partial charge in [0.15, 0.2) is 0 Å². The Bertz CT molecular complexity index is 218. The SMILES string of the molecule is CC(C)(CN)NC(=O)N1CCC(O)C1. The van der Waals surface area contributed by atoms with E-state index < -0.39 is 0 Å². The van der Waals surface area contributed by atoms with Gasteiger partial charge in [-0.15, -0.1) is 0 Å². The standard InChI is InChI=1S/C9H19N3O2/c1-9(2,6-10)11-8(14)12-4-3-7(13)5-12/h7,13H,3-6,10H2,1-2H3,(H,11,14). The molecule has 5 heteroatoms. The summed E-state index contributed by atoms with van der Waals surface area (Å²) in [7, 11) is 0. The lowest BCUT2D eigenvalue weighted by molar-refractivity contribution is 0.167. The van der Waals surface area contributed by atoms with Gasteiger partial charge < -0.3 is 21.1 Å². The van der Waals surface area contributed by atoms with Crippen molar-refractivity contribution in [3.05, 3.63) is 0 Å². The maximum Gasteiger partial charge on any atom is 0.317 e. The normalized spacial score (nSPS) is 22.6. The quantitative estimate of drug-likeness (QED) is 0.563. The minimum Gasteiger partial charge on any atom is -0.391 e. The van der Waals surface area contributed by atoms with Crippen LogP contribution >= 0.6 is 0 Å². The Morgan fingerprint density at radius 2 is 2.36 bits per heavy atom.